The van der Waals surface area contributed by atoms with Crippen LogP contribution in [0, 0.1) is 0 Å². The normalized spacial score (nSPS) is 13.6. The van der Waals surface area contributed by atoms with E-state index in [-0.39, 0.29) is 12.2 Å². The highest BCUT2D eigenvalue weighted by Crippen LogP contribution is 2.14. The summed E-state index contributed by atoms with van der Waals surface area (Å²) in [7, 11) is 0. The Morgan fingerprint density at radius 1 is 1.21 bits per heavy atom. The molecule has 1 aliphatic rings. The van der Waals surface area contributed by atoms with Gasteiger partial charge in [0, 0.05) is 6.42 Å². The third-order valence-corrected chi connectivity index (χ3v) is 2.03. The number of aliphatic carboxylic acids is 1. The predicted octanol–water partition coefficient (Wildman–Crippen LogP) is 1.37. The molecule has 1 aliphatic carbocycles. The van der Waals surface area contributed by atoms with Crippen LogP contribution < -0.4 is 5.11 Å². The number of carboxylic acids is 1. The fourth-order valence-corrected chi connectivity index (χ4v) is 1.27. The molecule has 0 saturated heterocycles. The van der Waals surface area contributed by atoms with Crippen LogP contribution in [0.2, 0.25) is 0 Å². The molecule has 0 unspecified atom stereocenters. The van der Waals surface area contributed by atoms with E-state index in [4.69, 9.17) is 5.11 Å². The molecule has 0 saturated carbocycles. The minimum absolute atomic E-state index is 0.0976. The second kappa shape index (κ2) is 5.27. The van der Waals surface area contributed by atoms with E-state index >= 15 is 0 Å². The Bertz CT molecular complexity index is 284. The molecule has 3 nitrogen and oxygen atoms in total. The van der Waals surface area contributed by atoms with Gasteiger partial charge in [-0.15, -0.1) is 5.76 Å². The zero-order valence-corrected chi connectivity index (χ0v) is 7.90. The number of rotatable bonds is 5. The van der Waals surface area contributed by atoms with Crippen LogP contribution in [-0.4, -0.2) is 11.1 Å². The summed E-state index contributed by atoms with van der Waals surface area (Å²) < 4.78 is 0. The van der Waals surface area contributed by atoms with Gasteiger partial charge in [-0.05, 0) is 24.8 Å². The molecule has 0 fully saturated rings. The van der Waals surface area contributed by atoms with Crippen molar-refractivity contribution < 1.29 is 15.0 Å². The molecule has 0 aromatic rings. The van der Waals surface area contributed by atoms with Gasteiger partial charge in [0.05, 0.1) is 0 Å². The van der Waals surface area contributed by atoms with E-state index in [1.807, 2.05) is 12.2 Å². The lowest BCUT2D eigenvalue weighted by Crippen LogP contribution is -2.06. The fourth-order valence-electron chi connectivity index (χ4n) is 1.27. The fraction of sp³-hybridized carbons (Fsp3) is 0.364. The van der Waals surface area contributed by atoms with Crippen molar-refractivity contribution in [2.24, 2.45) is 0 Å². The van der Waals surface area contributed by atoms with E-state index < -0.39 is 5.97 Å². The summed E-state index contributed by atoms with van der Waals surface area (Å²) in [5.74, 6) is -0.703. The van der Waals surface area contributed by atoms with Crippen molar-refractivity contribution in [2.45, 2.75) is 25.7 Å². The summed E-state index contributed by atoms with van der Waals surface area (Å²) in [5.41, 5.74) is 0.723. The van der Waals surface area contributed by atoms with Crippen LogP contribution in [0.4, 0.5) is 0 Å². The maximum atomic E-state index is 11.4. The molecule has 1 N–H and O–H groups in total. The van der Waals surface area contributed by atoms with Gasteiger partial charge in [0.1, 0.15) is 0 Å². The molecular weight excluding hydrogens is 180 g/mol. The van der Waals surface area contributed by atoms with Crippen LogP contribution in [0.3, 0.4) is 0 Å². The van der Waals surface area contributed by atoms with Gasteiger partial charge in [0.25, 0.3) is 0 Å². The van der Waals surface area contributed by atoms with Gasteiger partial charge in [0.2, 0.25) is 0 Å². The molecule has 0 aliphatic heterocycles. The molecule has 0 atom stereocenters. The van der Waals surface area contributed by atoms with Crippen LogP contribution in [0.1, 0.15) is 25.7 Å². The Labute approximate surface area is 83.1 Å². The number of hydrogen-bond acceptors (Lipinski definition) is 2. The number of carbonyl (C=O) groups is 1. The summed E-state index contributed by atoms with van der Waals surface area (Å²) >= 11 is 0. The summed E-state index contributed by atoms with van der Waals surface area (Å²) in [6, 6.07) is 0. The molecule has 0 aromatic carbocycles. The van der Waals surface area contributed by atoms with Crippen molar-refractivity contribution in [1.29, 1.82) is 0 Å². The topological polar surface area (TPSA) is 60.4 Å². The summed E-state index contributed by atoms with van der Waals surface area (Å²) in [5, 5.41) is 19.8. The molecule has 0 heterocycles. The average Bonchev–Trinajstić information content (AvgIpc) is 2.64. The summed E-state index contributed by atoms with van der Waals surface area (Å²) in [4.78, 5) is 10.2. The van der Waals surface area contributed by atoms with E-state index in [1.54, 1.807) is 12.2 Å². The second-order valence-corrected chi connectivity index (χ2v) is 3.20. The van der Waals surface area contributed by atoms with E-state index in [9.17, 15) is 9.90 Å². The predicted molar refractivity (Wildman–Crippen MR) is 51.4 cm³/mol. The average molecular weight is 193 g/mol. The minimum Gasteiger partial charge on any atom is -0.875 e. The highest BCUT2D eigenvalue weighted by atomic mass is 16.4. The minimum atomic E-state index is -0.800. The Morgan fingerprint density at radius 2 is 1.79 bits per heavy atom. The molecule has 0 radical (unpaired) electrons. The maximum Gasteiger partial charge on any atom is 0.303 e. The Hall–Kier alpha value is -1.51. The van der Waals surface area contributed by atoms with Crippen molar-refractivity contribution in [3.05, 3.63) is 35.6 Å². The molecule has 14 heavy (non-hydrogen) atoms. The molecule has 0 spiro atoms. The highest BCUT2D eigenvalue weighted by Gasteiger charge is 1.97. The number of carboxylic acid groups (broad SMARTS) is 1. The van der Waals surface area contributed by atoms with E-state index in [1.165, 1.54) is 0 Å². The van der Waals surface area contributed by atoms with E-state index in [0.29, 0.717) is 19.3 Å². The lowest BCUT2D eigenvalue weighted by Gasteiger charge is -2.13. The van der Waals surface area contributed by atoms with E-state index in [2.05, 4.69) is 0 Å². The molecule has 0 aromatic heterocycles. The first kappa shape index (κ1) is 10.6. The third kappa shape index (κ3) is 3.47. The lowest BCUT2D eigenvalue weighted by atomic mass is 10.1. The van der Waals surface area contributed by atoms with Crippen LogP contribution in [0.15, 0.2) is 35.6 Å². The van der Waals surface area contributed by atoms with Crippen molar-refractivity contribution >= 4 is 5.97 Å². The maximum absolute atomic E-state index is 11.4. The molecule has 0 bridgehead atoms. The second-order valence-electron chi connectivity index (χ2n) is 3.20. The van der Waals surface area contributed by atoms with Gasteiger partial charge in [-0.3, -0.25) is 4.79 Å². The Kier molecular flexibility index (Phi) is 3.98. The van der Waals surface area contributed by atoms with E-state index in [0.717, 1.165) is 5.57 Å². The first-order chi connectivity index (χ1) is 6.70. The molecule has 0 amide bonds. The summed E-state index contributed by atoms with van der Waals surface area (Å²) in [6.45, 7) is 0. The molecule has 76 valence electrons. The van der Waals surface area contributed by atoms with Crippen molar-refractivity contribution in [1.82, 2.24) is 0 Å². The number of unbranched alkanes of at least 4 members (excludes halogenated alkanes) is 1. The monoisotopic (exact) mass is 193 g/mol. The van der Waals surface area contributed by atoms with Gasteiger partial charge in [-0.2, -0.15) is 0 Å². The first-order valence-corrected chi connectivity index (χ1v) is 4.67. The number of hydrogen-bond donors (Lipinski definition) is 1. The van der Waals surface area contributed by atoms with Crippen LogP contribution in [0.25, 0.3) is 0 Å². The SMILES string of the molecule is O=C(O)CCCCC([O-])=C1C=CC=C1. The number of allylic oxidation sites excluding steroid dienone is 6. The molecule has 1 rings (SSSR count). The van der Waals surface area contributed by atoms with Crippen LogP contribution in [0.5, 0.6) is 0 Å². The largest absolute Gasteiger partial charge is 0.875 e. The summed E-state index contributed by atoms with van der Waals surface area (Å²) in [6.07, 6.45) is 9.01. The van der Waals surface area contributed by atoms with Crippen LogP contribution in [-0.2, 0) is 4.79 Å². The van der Waals surface area contributed by atoms with Gasteiger partial charge < -0.3 is 10.2 Å². The third-order valence-electron chi connectivity index (χ3n) is 2.03. The lowest BCUT2D eigenvalue weighted by molar-refractivity contribution is -0.307. The molecular formula is C11H13O3-. The van der Waals surface area contributed by atoms with Crippen LogP contribution >= 0.6 is 0 Å². The van der Waals surface area contributed by atoms with Crippen molar-refractivity contribution in [3.63, 3.8) is 0 Å². The Balaban J connectivity index is 2.25. The highest BCUT2D eigenvalue weighted by molar-refractivity contribution is 5.66. The first-order valence-electron chi connectivity index (χ1n) is 4.67. The Morgan fingerprint density at radius 3 is 2.36 bits per heavy atom. The zero-order chi connectivity index (χ0) is 10.4. The smallest absolute Gasteiger partial charge is 0.303 e. The molecule has 3 heteroatoms. The van der Waals surface area contributed by atoms with Gasteiger partial charge in [-0.1, -0.05) is 24.3 Å². The quantitative estimate of drug-likeness (QED) is 0.530. The van der Waals surface area contributed by atoms with Gasteiger partial charge >= 0.3 is 5.97 Å². The van der Waals surface area contributed by atoms with Crippen molar-refractivity contribution in [3.8, 4) is 0 Å². The van der Waals surface area contributed by atoms with Gasteiger partial charge in [0.15, 0.2) is 0 Å². The standard InChI is InChI=1S/C11H14O3/c12-10(9-5-1-2-6-9)7-3-4-8-11(13)14/h1-2,5-6,12H,3-4,7-8H2,(H,13,14)/p-1. The zero-order valence-electron chi connectivity index (χ0n) is 7.90. The van der Waals surface area contributed by atoms with Crippen molar-refractivity contribution in [2.75, 3.05) is 0 Å². The van der Waals surface area contributed by atoms with Gasteiger partial charge in [-0.25, -0.2) is 0 Å².